The first-order valence-electron chi connectivity index (χ1n) is 5.75. The third-order valence-corrected chi connectivity index (χ3v) is 2.79. The fraction of sp³-hybridized carbons (Fsp3) is 0.538. The van der Waals surface area contributed by atoms with Crippen molar-refractivity contribution in [3.63, 3.8) is 0 Å². The van der Waals surface area contributed by atoms with Gasteiger partial charge in [-0.2, -0.15) is 0 Å². The maximum Gasteiger partial charge on any atom is 0.122 e. The second-order valence-electron chi connectivity index (χ2n) is 4.94. The molecule has 2 rings (SSSR count). The molecule has 0 amide bonds. The van der Waals surface area contributed by atoms with Crippen LogP contribution in [0.5, 0.6) is 5.75 Å². The number of hydrogen-bond donors (Lipinski definition) is 2. The quantitative estimate of drug-likeness (QED) is 0.822. The highest BCUT2D eigenvalue weighted by atomic mass is 16.5. The average molecular weight is 221 g/mol. The molecular formula is C13H19NO2. The molecule has 0 aliphatic carbocycles. The van der Waals surface area contributed by atoms with E-state index < -0.39 is 0 Å². The van der Waals surface area contributed by atoms with Crippen LogP contribution < -0.4 is 10.1 Å². The number of nitrogens with one attached hydrogen (secondary N) is 1. The van der Waals surface area contributed by atoms with Gasteiger partial charge in [0.1, 0.15) is 5.75 Å². The molecule has 0 bridgehead atoms. The molecule has 16 heavy (non-hydrogen) atoms. The first-order chi connectivity index (χ1) is 7.61. The summed E-state index contributed by atoms with van der Waals surface area (Å²) >= 11 is 0. The van der Waals surface area contributed by atoms with Crippen molar-refractivity contribution < 1.29 is 9.84 Å². The number of benzene rings is 1. The number of aryl methyl sites for hydroxylation is 1. The van der Waals surface area contributed by atoms with Crippen molar-refractivity contribution in [2.24, 2.45) is 0 Å². The molecular weight excluding hydrogens is 202 g/mol. The first kappa shape index (κ1) is 11.3. The average Bonchev–Trinajstić information content (AvgIpc) is 2.28. The second kappa shape index (κ2) is 4.34. The predicted molar refractivity (Wildman–Crippen MR) is 65.0 cm³/mol. The van der Waals surface area contributed by atoms with E-state index in [1.54, 1.807) is 0 Å². The van der Waals surface area contributed by atoms with Gasteiger partial charge in [-0.05, 0) is 50.5 Å². The van der Waals surface area contributed by atoms with E-state index in [0.717, 1.165) is 30.9 Å². The van der Waals surface area contributed by atoms with Crippen molar-refractivity contribution in [2.45, 2.75) is 32.2 Å². The SMILES string of the molecule is CC(C)(CO)Nc1ccc2c(c1)CCCO2. The van der Waals surface area contributed by atoms with Crippen LogP contribution in [-0.2, 0) is 6.42 Å². The molecule has 1 aliphatic rings. The summed E-state index contributed by atoms with van der Waals surface area (Å²) in [5, 5.41) is 12.5. The highest BCUT2D eigenvalue weighted by molar-refractivity contribution is 5.53. The van der Waals surface area contributed by atoms with Gasteiger partial charge < -0.3 is 15.2 Å². The van der Waals surface area contributed by atoms with Crippen molar-refractivity contribution in [1.29, 1.82) is 0 Å². The van der Waals surface area contributed by atoms with Gasteiger partial charge in [0.15, 0.2) is 0 Å². The number of aliphatic hydroxyl groups is 1. The third kappa shape index (κ3) is 2.47. The normalized spacial score (nSPS) is 15.2. The molecule has 3 nitrogen and oxygen atoms in total. The van der Waals surface area contributed by atoms with E-state index in [2.05, 4.69) is 11.4 Å². The fourth-order valence-corrected chi connectivity index (χ4v) is 1.87. The van der Waals surface area contributed by atoms with Gasteiger partial charge in [0.05, 0.1) is 18.8 Å². The Balaban J connectivity index is 2.17. The van der Waals surface area contributed by atoms with Gasteiger partial charge in [0.2, 0.25) is 0 Å². The fourth-order valence-electron chi connectivity index (χ4n) is 1.87. The van der Waals surface area contributed by atoms with Crippen molar-refractivity contribution >= 4 is 5.69 Å². The summed E-state index contributed by atoms with van der Waals surface area (Å²) in [7, 11) is 0. The van der Waals surface area contributed by atoms with E-state index in [-0.39, 0.29) is 12.1 Å². The summed E-state index contributed by atoms with van der Waals surface area (Å²) < 4.78 is 5.56. The molecule has 0 spiro atoms. The van der Waals surface area contributed by atoms with Crippen molar-refractivity contribution in [1.82, 2.24) is 0 Å². The summed E-state index contributed by atoms with van der Waals surface area (Å²) in [6.07, 6.45) is 2.16. The van der Waals surface area contributed by atoms with Crippen LogP contribution in [0.1, 0.15) is 25.8 Å². The van der Waals surface area contributed by atoms with Gasteiger partial charge in [-0.3, -0.25) is 0 Å². The van der Waals surface area contributed by atoms with Crippen molar-refractivity contribution in [3.05, 3.63) is 23.8 Å². The minimum absolute atomic E-state index is 0.112. The molecule has 1 aromatic carbocycles. The molecule has 88 valence electrons. The summed E-state index contributed by atoms with van der Waals surface area (Å²) in [5.41, 5.74) is 2.01. The van der Waals surface area contributed by atoms with Crippen LogP contribution in [0.2, 0.25) is 0 Å². The van der Waals surface area contributed by atoms with Crippen LogP contribution in [0.3, 0.4) is 0 Å². The molecule has 0 unspecified atom stereocenters. The Kier molecular flexibility index (Phi) is 3.06. The Bertz CT molecular complexity index is 374. The van der Waals surface area contributed by atoms with Crippen LogP contribution in [0.25, 0.3) is 0 Å². The Morgan fingerprint density at radius 2 is 2.25 bits per heavy atom. The Hall–Kier alpha value is -1.22. The standard InChI is InChI=1S/C13H19NO2/c1-13(2,9-15)14-11-5-6-12-10(8-11)4-3-7-16-12/h5-6,8,14-15H,3-4,7,9H2,1-2H3. The summed E-state index contributed by atoms with van der Waals surface area (Å²) in [4.78, 5) is 0. The van der Waals surface area contributed by atoms with Gasteiger partial charge in [-0.1, -0.05) is 0 Å². The van der Waals surface area contributed by atoms with Crippen LogP contribution >= 0.6 is 0 Å². The third-order valence-electron chi connectivity index (χ3n) is 2.79. The van der Waals surface area contributed by atoms with Gasteiger partial charge in [0.25, 0.3) is 0 Å². The molecule has 2 N–H and O–H groups in total. The molecule has 0 aromatic heterocycles. The zero-order valence-corrected chi connectivity index (χ0v) is 9.92. The number of rotatable bonds is 3. The topological polar surface area (TPSA) is 41.5 Å². The van der Waals surface area contributed by atoms with Crippen molar-refractivity contribution in [2.75, 3.05) is 18.5 Å². The van der Waals surface area contributed by atoms with E-state index in [0.29, 0.717) is 0 Å². The smallest absolute Gasteiger partial charge is 0.122 e. The molecule has 0 fully saturated rings. The van der Waals surface area contributed by atoms with Gasteiger partial charge >= 0.3 is 0 Å². The van der Waals surface area contributed by atoms with E-state index in [9.17, 15) is 5.11 Å². The van der Waals surface area contributed by atoms with Gasteiger partial charge in [-0.15, -0.1) is 0 Å². The number of hydrogen-bond acceptors (Lipinski definition) is 3. The Morgan fingerprint density at radius 1 is 1.44 bits per heavy atom. The highest BCUT2D eigenvalue weighted by Gasteiger charge is 2.17. The lowest BCUT2D eigenvalue weighted by Crippen LogP contribution is -2.34. The molecule has 1 aromatic rings. The Morgan fingerprint density at radius 3 is 3.00 bits per heavy atom. The van der Waals surface area contributed by atoms with E-state index >= 15 is 0 Å². The van der Waals surface area contributed by atoms with E-state index in [1.165, 1.54) is 5.56 Å². The molecule has 0 saturated heterocycles. The molecule has 0 saturated carbocycles. The lowest BCUT2D eigenvalue weighted by molar-refractivity contribution is 0.234. The lowest BCUT2D eigenvalue weighted by Gasteiger charge is -2.26. The highest BCUT2D eigenvalue weighted by Crippen LogP contribution is 2.28. The largest absolute Gasteiger partial charge is 0.493 e. The molecule has 1 heterocycles. The van der Waals surface area contributed by atoms with Crippen LogP contribution in [0.4, 0.5) is 5.69 Å². The van der Waals surface area contributed by atoms with E-state index in [4.69, 9.17) is 4.74 Å². The molecule has 0 radical (unpaired) electrons. The number of anilines is 1. The van der Waals surface area contributed by atoms with Gasteiger partial charge in [-0.25, -0.2) is 0 Å². The van der Waals surface area contributed by atoms with Crippen LogP contribution in [0, 0.1) is 0 Å². The van der Waals surface area contributed by atoms with E-state index in [1.807, 2.05) is 26.0 Å². The number of fused-ring (bicyclic) bond motifs is 1. The van der Waals surface area contributed by atoms with Gasteiger partial charge in [0, 0.05) is 5.69 Å². The summed E-state index contributed by atoms with van der Waals surface area (Å²) in [6, 6.07) is 6.12. The maximum absolute atomic E-state index is 9.21. The second-order valence-corrected chi connectivity index (χ2v) is 4.94. The molecule has 3 heteroatoms. The van der Waals surface area contributed by atoms with Crippen molar-refractivity contribution in [3.8, 4) is 5.75 Å². The maximum atomic E-state index is 9.21. The molecule has 0 atom stereocenters. The summed E-state index contributed by atoms with van der Waals surface area (Å²) in [6.45, 7) is 4.88. The molecule has 1 aliphatic heterocycles. The minimum atomic E-state index is -0.288. The monoisotopic (exact) mass is 221 g/mol. The van der Waals surface area contributed by atoms with Crippen LogP contribution in [0.15, 0.2) is 18.2 Å². The zero-order chi connectivity index (χ0) is 11.6. The Labute approximate surface area is 96.4 Å². The number of aliphatic hydroxyl groups excluding tert-OH is 1. The predicted octanol–water partition coefficient (Wildman–Crippen LogP) is 2.19. The lowest BCUT2D eigenvalue weighted by atomic mass is 10.0. The summed E-state index contributed by atoms with van der Waals surface area (Å²) in [5.74, 6) is 0.999. The number of ether oxygens (including phenoxy) is 1. The zero-order valence-electron chi connectivity index (χ0n) is 9.92. The van der Waals surface area contributed by atoms with Crippen LogP contribution in [-0.4, -0.2) is 23.9 Å². The first-order valence-corrected chi connectivity index (χ1v) is 5.75. The minimum Gasteiger partial charge on any atom is -0.493 e.